The van der Waals surface area contributed by atoms with E-state index in [4.69, 9.17) is 4.74 Å². The summed E-state index contributed by atoms with van der Waals surface area (Å²) in [5, 5.41) is 9.67. The minimum Gasteiger partial charge on any atom is -0.396 e. The van der Waals surface area contributed by atoms with Gasteiger partial charge in [0.2, 0.25) is 0 Å². The van der Waals surface area contributed by atoms with Crippen LogP contribution in [-0.2, 0) is 21.5 Å². The van der Waals surface area contributed by atoms with Crippen molar-refractivity contribution in [1.29, 1.82) is 0 Å². The highest BCUT2D eigenvalue weighted by molar-refractivity contribution is 7.86. The lowest BCUT2D eigenvalue weighted by molar-refractivity contribution is 0.0899. The van der Waals surface area contributed by atoms with Gasteiger partial charge >= 0.3 is 0 Å². The summed E-state index contributed by atoms with van der Waals surface area (Å²) in [6.45, 7) is 2.01. The number of aliphatic hydroxyl groups excluding tert-OH is 1. The van der Waals surface area contributed by atoms with E-state index >= 15 is 0 Å². The molecule has 0 spiro atoms. The summed E-state index contributed by atoms with van der Waals surface area (Å²) in [6, 6.07) is 9.52. The number of benzene rings is 1. The molecule has 22 heavy (non-hydrogen) atoms. The van der Waals surface area contributed by atoms with Gasteiger partial charge in [0.1, 0.15) is 0 Å². The molecule has 2 fully saturated rings. The van der Waals surface area contributed by atoms with Gasteiger partial charge in [0, 0.05) is 38.0 Å². The Morgan fingerprint density at radius 2 is 2.14 bits per heavy atom. The number of aliphatic hydroxyl groups is 1. The molecule has 0 amide bonds. The summed E-state index contributed by atoms with van der Waals surface area (Å²) in [5.74, 6) is 0.0809. The molecule has 0 radical (unpaired) electrons. The zero-order chi connectivity index (χ0) is 15.8. The molecule has 2 aliphatic heterocycles. The van der Waals surface area contributed by atoms with Gasteiger partial charge in [-0.05, 0) is 5.56 Å². The van der Waals surface area contributed by atoms with Gasteiger partial charge in [-0.15, -0.1) is 0 Å². The zero-order valence-corrected chi connectivity index (χ0v) is 13.5. The molecule has 2 aliphatic rings. The van der Waals surface area contributed by atoms with E-state index in [1.54, 1.807) is 7.05 Å². The summed E-state index contributed by atoms with van der Waals surface area (Å²) in [4.78, 5) is 0. The number of rotatable bonds is 5. The smallest absolute Gasteiger partial charge is 0.282 e. The molecule has 7 heteroatoms. The van der Waals surface area contributed by atoms with Gasteiger partial charge in [-0.1, -0.05) is 30.3 Å². The fourth-order valence-electron chi connectivity index (χ4n) is 3.30. The monoisotopic (exact) mass is 326 g/mol. The molecule has 2 saturated heterocycles. The number of hydrogen-bond donors (Lipinski definition) is 1. The normalized spacial score (nSPS) is 29.1. The SMILES string of the molecule is CN(Cc1ccccc1)S(=O)(=O)N1C[C@H]2COC[C@@]2(CO)C1. The Kier molecular flexibility index (Phi) is 4.26. The lowest BCUT2D eigenvalue weighted by atomic mass is 9.82. The predicted octanol–water partition coefficient (Wildman–Crippen LogP) is 0.304. The van der Waals surface area contributed by atoms with Crippen LogP contribution in [-0.4, -0.2) is 62.1 Å². The molecule has 0 bridgehead atoms. The van der Waals surface area contributed by atoms with Crippen LogP contribution in [0.5, 0.6) is 0 Å². The Hall–Kier alpha value is -0.990. The van der Waals surface area contributed by atoms with Crippen molar-refractivity contribution in [3.8, 4) is 0 Å². The second-order valence-electron chi connectivity index (χ2n) is 6.27. The van der Waals surface area contributed by atoms with Gasteiger partial charge < -0.3 is 9.84 Å². The molecule has 1 N–H and O–H groups in total. The Morgan fingerprint density at radius 1 is 1.41 bits per heavy atom. The van der Waals surface area contributed by atoms with Crippen molar-refractivity contribution in [2.24, 2.45) is 11.3 Å². The summed E-state index contributed by atoms with van der Waals surface area (Å²) in [7, 11) is -1.93. The molecule has 0 aliphatic carbocycles. The molecule has 122 valence electrons. The van der Waals surface area contributed by atoms with Crippen molar-refractivity contribution in [3.05, 3.63) is 35.9 Å². The third-order valence-corrected chi connectivity index (χ3v) is 6.62. The number of hydrogen-bond acceptors (Lipinski definition) is 4. The van der Waals surface area contributed by atoms with E-state index in [0.29, 0.717) is 32.8 Å². The molecular weight excluding hydrogens is 304 g/mol. The van der Waals surface area contributed by atoms with Crippen LogP contribution < -0.4 is 0 Å². The van der Waals surface area contributed by atoms with E-state index in [2.05, 4.69) is 0 Å². The molecule has 0 saturated carbocycles. The molecule has 1 aromatic rings. The minimum absolute atomic E-state index is 0.0356. The lowest BCUT2D eigenvalue weighted by Crippen LogP contribution is -2.42. The first-order valence-electron chi connectivity index (χ1n) is 7.42. The maximum atomic E-state index is 12.8. The van der Waals surface area contributed by atoms with E-state index in [-0.39, 0.29) is 12.5 Å². The van der Waals surface area contributed by atoms with Crippen molar-refractivity contribution < 1.29 is 18.3 Å². The Morgan fingerprint density at radius 3 is 2.77 bits per heavy atom. The first-order valence-corrected chi connectivity index (χ1v) is 8.81. The maximum Gasteiger partial charge on any atom is 0.282 e. The first kappa shape index (κ1) is 15.9. The first-order chi connectivity index (χ1) is 10.5. The Balaban J connectivity index is 1.74. The molecule has 0 aromatic heterocycles. The van der Waals surface area contributed by atoms with Crippen LogP contribution in [0.15, 0.2) is 30.3 Å². The molecule has 0 unspecified atom stereocenters. The molecule has 3 rings (SSSR count). The van der Waals surface area contributed by atoms with E-state index in [9.17, 15) is 13.5 Å². The number of ether oxygens (including phenoxy) is 1. The van der Waals surface area contributed by atoms with E-state index < -0.39 is 15.6 Å². The summed E-state index contributed by atoms with van der Waals surface area (Å²) in [6.07, 6.45) is 0. The third kappa shape index (κ3) is 2.68. The Labute approximate surface area is 131 Å². The molecular formula is C15H22N2O4S. The van der Waals surface area contributed by atoms with Crippen LogP contribution in [0.2, 0.25) is 0 Å². The molecule has 1 aromatic carbocycles. The fourth-order valence-corrected chi connectivity index (χ4v) is 4.80. The van der Waals surface area contributed by atoms with Crippen molar-refractivity contribution >= 4 is 10.2 Å². The van der Waals surface area contributed by atoms with Crippen molar-refractivity contribution in [2.45, 2.75) is 6.54 Å². The second kappa shape index (κ2) is 5.90. The fraction of sp³-hybridized carbons (Fsp3) is 0.600. The predicted molar refractivity (Wildman–Crippen MR) is 82.2 cm³/mol. The summed E-state index contributed by atoms with van der Waals surface area (Å²) in [5.41, 5.74) is 0.522. The molecule has 2 heterocycles. The lowest BCUT2D eigenvalue weighted by Gasteiger charge is -2.27. The van der Waals surface area contributed by atoms with Crippen LogP contribution in [0.4, 0.5) is 0 Å². The van der Waals surface area contributed by atoms with Crippen LogP contribution in [0, 0.1) is 11.3 Å². The average Bonchev–Trinajstić information content (AvgIpc) is 3.05. The minimum atomic E-state index is -3.53. The number of fused-ring (bicyclic) bond motifs is 1. The highest BCUT2D eigenvalue weighted by Gasteiger charge is 2.53. The second-order valence-corrected chi connectivity index (χ2v) is 8.31. The van der Waals surface area contributed by atoms with Crippen molar-refractivity contribution in [2.75, 3.05) is 40.0 Å². The standard InChI is InChI=1S/C15H22N2O4S/c1-16(7-13-5-3-2-4-6-13)22(19,20)17-8-14-9-21-12-15(14,10-17)11-18/h2-6,14,18H,7-12H2,1H3/t14-,15-/m0/s1. The quantitative estimate of drug-likeness (QED) is 0.845. The third-order valence-electron chi connectivity index (χ3n) is 4.77. The van der Waals surface area contributed by atoms with Crippen LogP contribution in [0.1, 0.15) is 5.56 Å². The maximum absolute atomic E-state index is 12.8. The zero-order valence-electron chi connectivity index (χ0n) is 12.7. The average molecular weight is 326 g/mol. The van der Waals surface area contributed by atoms with Crippen LogP contribution >= 0.6 is 0 Å². The van der Waals surface area contributed by atoms with Crippen LogP contribution in [0.25, 0.3) is 0 Å². The van der Waals surface area contributed by atoms with Crippen molar-refractivity contribution in [3.63, 3.8) is 0 Å². The van der Waals surface area contributed by atoms with Gasteiger partial charge in [0.25, 0.3) is 10.2 Å². The highest BCUT2D eigenvalue weighted by Crippen LogP contribution is 2.42. The Bertz CT molecular complexity index is 622. The molecule has 6 nitrogen and oxygen atoms in total. The summed E-state index contributed by atoms with van der Waals surface area (Å²) >= 11 is 0. The van der Waals surface area contributed by atoms with Gasteiger partial charge in [-0.25, -0.2) is 0 Å². The van der Waals surface area contributed by atoms with Crippen LogP contribution in [0.3, 0.4) is 0 Å². The van der Waals surface area contributed by atoms with Gasteiger partial charge in [-0.3, -0.25) is 0 Å². The van der Waals surface area contributed by atoms with Gasteiger partial charge in [0.05, 0.1) is 19.8 Å². The van der Waals surface area contributed by atoms with E-state index in [1.165, 1.54) is 8.61 Å². The largest absolute Gasteiger partial charge is 0.396 e. The van der Waals surface area contributed by atoms with E-state index in [1.807, 2.05) is 30.3 Å². The topological polar surface area (TPSA) is 70.1 Å². The number of nitrogens with zero attached hydrogens (tertiary/aromatic N) is 2. The van der Waals surface area contributed by atoms with Gasteiger partial charge in [-0.2, -0.15) is 17.0 Å². The molecule has 2 atom stereocenters. The van der Waals surface area contributed by atoms with E-state index in [0.717, 1.165) is 5.56 Å². The highest BCUT2D eigenvalue weighted by atomic mass is 32.2. The van der Waals surface area contributed by atoms with Gasteiger partial charge in [0.15, 0.2) is 0 Å². The summed E-state index contributed by atoms with van der Waals surface area (Å²) < 4.78 is 33.8. The van der Waals surface area contributed by atoms with Crippen molar-refractivity contribution in [1.82, 2.24) is 8.61 Å².